The van der Waals surface area contributed by atoms with Crippen LogP contribution in [0.5, 0.6) is 0 Å². The molecule has 1 aromatic carbocycles. The van der Waals surface area contributed by atoms with E-state index < -0.39 is 0 Å². The Morgan fingerprint density at radius 2 is 2.12 bits per heavy atom. The molecule has 2 aromatic rings. The number of quaternary nitrogens is 1. The van der Waals surface area contributed by atoms with Crippen molar-refractivity contribution in [2.24, 2.45) is 5.92 Å². The number of benzene rings is 1. The summed E-state index contributed by atoms with van der Waals surface area (Å²) in [6.07, 6.45) is 2.24. The van der Waals surface area contributed by atoms with Crippen LogP contribution in [-0.4, -0.2) is 24.8 Å². The fraction of sp³-hybridized carbons (Fsp3) is 0.550. The molecule has 1 unspecified atom stereocenters. The maximum atomic E-state index is 12.0. The van der Waals surface area contributed by atoms with Gasteiger partial charge in [-0.15, -0.1) is 0 Å². The van der Waals surface area contributed by atoms with Gasteiger partial charge in [0.2, 0.25) is 0 Å². The van der Waals surface area contributed by atoms with Crippen molar-refractivity contribution in [3.8, 4) is 0 Å². The fourth-order valence-electron chi connectivity index (χ4n) is 4.00. The third-order valence-electron chi connectivity index (χ3n) is 5.26. The Morgan fingerprint density at radius 3 is 2.83 bits per heavy atom. The number of fused-ring (bicyclic) bond motifs is 1. The first-order valence-corrected chi connectivity index (χ1v) is 8.99. The monoisotopic (exact) mass is 330 g/mol. The van der Waals surface area contributed by atoms with Crippen LogP contribution in [0.1, 0.15) is 49.3 Å². The summed E-state index contributed by atoms with van der Waals surface area (Å²) in [4.78, 5) is 13.4. The number of aryl methyl sites for hydroxylation is 1. The zero-order valence-electron chi connectivity index (χ0n) is 14.9. The van der Waals surface area contributed by atoms with Crippen LogP contribution in [0.4, 0.5) is 0 Å². The second-order valence-corrected chi connectivity index (χ2v) is 7.52. The average Bonchev–Trinajstić information content (AvgIpc) is 2.54. The summed E-state index contributed by atoms with van der Waals surface area (Å²) in [5.74, 6) is 0.823. The van der Waals surface area contributed by atoms with E-state index in [9.17, 15) is 9.90 Å². The van der Waals surface area contributed by atoms with Gasteiger partial charge in [-0.05, 0) is 48.9 Å². The number of aliphatic hydroxyl groups excluding tert-OH is 1. The molecule has 4 nitrogen and oxygen atoms in total. The SMILES string of the molecule is Cc1cc2oc(=O)cc(C[NH+]3CCC[C@H](CO)C3)c2cc1C(C)C. The zero-order valence-corrected chi connectivity index (χ0v) is 14.9. The maximum Gasteiger partial charge on any atom is 0.336 e. The summed E-state index contributed by atoms with van der Waals surface area (Å²) < 4.78 is 5.44. The van der Waals surface area contributed by atoms with Crippen LogP contribution in [0.3, 0.4) is 0 Å². The van der Waals surface area contributed by atoms with Crippen molar-refractivity contribution >= 4 is 11.0 Å². The molecule has 4 heteroatoms. The molecule has 2 heterocycles. The molecule has 0 amide bonds. The van der Waals surface area contributed by atoms with Gasteiger partial charge >= 0.3 is 5.63 Å². The summed E-state index contributed by atoms with van der Waals surface area (Å²) in [5.41, 5.74) is 3.96. The molecule has 1 aromatic heterocycles. The summed E-state index contributed by atoms with van der Waals surface area (Å²) in [6, 6.07) is 5.84. The number of rotatable bonds is 4. The largest absolute Gasteiger partial charge is 0.423 e. The zero-order chi connectivity index (χ0) is 17.3. The van der Waals surface area contributed by atoms with Crippen LogP contribution >= 0.6 is 0 Å². The van der Waals surface area contributed by atoms with Gasteiger partial charge in [-0.2, -0.15) is 0 Å². The molecule has 0 spiro atoms. The topological polar surface area (TPSA) is 54.9 Å². The molecule has 3 rings (SSSR count). The Hall–Kier alpha value is -1.65. The predicted octanol–water partition coefficient (Wildman–Crippen LogP) is 2.01. The number of likely N-dealkylation sites (tertiary alicyclic amines) is 1. The molecule has 130 valence electrons. The first-order valence-electron chi connectivity index (χ1n) is 8.99. The maximum absolute atomic E-state index is 12.0. The van der Waals surface area contributed by atoms with E-state index in [0.29, 0.717) is 17.4 Å². The third-order valence-corrected chi connectivity index (χ3v) is 5.26. The Labute approximate surface area is 143 Å². The number of nitrogens with one attached hydrogen (secondary N) is 1. The van der Waals surface area contributed by atoms with Crippen molar-refractivity contribution in [3.63, 3.8) is 0 Å². The molecule has 0 bridgehead atoms. The number of piperidine rings is 1. The molecule has 0 radical (unpaired) electrons. The van der Waals surface area contributed by atoms with Crippen molar-refractivity contribution in [1.29, 1.82) is 0 Å². The van der Waals surface area contributed by atoms with E-state index in [-0.39, 0.29) is 12.2 Å². The van der Waals surface area contributed by atoms with E-state index in [1.54, 1.807) is 6.07 Å². The lowest BCUT2D eigenvalue weighted by molar-refractivity contribution is -0.922. The van der Waals surface area contributed by atoms with Gasteiger partial charge < -0.3 is 14.4 Å². The lowest BCUT2D eigenvalue weighted by Gasteiger charge is -2.29. The number of aliphatic hydroxyl groups is 1. The minimum Gasteiger partial charge on any atom is -0.423 e. The second-order valence-electron chi connectivity index (χ2n) is 7.52. The lowest BCUT2D eigenvalue weighted by Crippen LogP contribution is -3.12. The van der Waals surface area contributed by atoms with Crippen molar-refractivity contribution in [2.45, 2.75) is 46.1 Å². The van der Waals surface area contributed by atoms with Crippen molar-refractivity contribution in [2.75, 3.05) is 19.7 Å². The fourth-order valence-corrected chi connectivity index (χ4v) is 4.00. The first-order chi connectivity index (χ1) is 11.5. The van der Waals surface area contributed by atoms with Gasteiger partial charge in [0.05, 0.1) is 19.7 Å². The normalized spacial score (nSPS) is 21.5. The first kappa shape index (κ1) is 17.2. The van der Waals surface area contributed by atoms with E-state index in [0.717, 1.165) is 43.4 Å². The molecule has 1 aliphatic heterocycles. The van der Waals surface area contributed by atoms with Crippen LogP contribution in [0, 0.1) is 12.8 Å². The van der Waals surface area contributed by atoms with Gasteiger partial charge in [0.1, 0.15) is 12.1 Å². The molecular formula is C20H28NO3+. The molecular weight excluding hydrogens is 302 g/mol. The lowest BCUT2D eigenvalue weighted by atomic mass is 9.94. The molecule has 2 atom stereocenters. The summed E-state index contributed by atoms with van der Waals surface area (Å²) in [5, 5.41) is 10.5. The molecule has 0 saturated carbocycles. The highest BCUT2D eigenvalue weighted by molar-refractivity contribution is 5.82. The summed E-state index contributed by atoms with van der Waals surface area (Å²) in [7, 11) is 0. The van der Waals surface area contributed by atoms with Gasteiger partial charge in [-0.1, -0.05) is 13.8 Å². The average molecular weight is 330 g/mol. The highest BCUT2D eigenvalue weighted by Crippen LogP contribution is 2.26. The molecule has 1 aliphatic rings. The summed E-state index contributed by atoms with van der Waals surface area (Å²) >= 11 is 0. The number of hydrogen-bond donors (Lipinski definition) is 2. The van der Waals surface area contributed by atoms with Gasteiger partial charge in [0.25, 0.3) is 0 Å². The third kappa shape index (κ3) is 3.55. The van der Waals surface area contributed by atoms with E-state index >= 15 is 0 Å². The van der Waals surface area contributed by atoms with E-state index in [1.807, 2.05) is 6.07 Å². The molecule has 2 N–H and O–H groups in total. The quantitative estimate of drug-likeness (QED) is 0.843. The molecule has 1 saturated heterocycles. The van der Waals surface area contributed by atoms with Gasteiger partial charge in [-0.3, -0.25) is 0 Å². The Balaban J connectivity index is 2.00. The summed E-state index contributed by atoms with van der Waals surface area (Å²) in [6.45, 7) is 9.60. The van der Waals surface area contributed by atoms with E-state index in [4.69, 9.17) is 4.42 Å². The Bertz CT molecular complexity index is 778. The molecule has 1 fully saturated rings. The van der Waals surface area contributed by atoms with Crippen LogP contribution in [0.25, 0.3) is 11.0 Å². The van der Waals surface area contributed by atoms with E-state index in [1.165, 1.54) is 16.0 Å². The second kappa shape index (κ2) is 7.08. The van der Waals surface area contributed by atoms with Crippen LogP contribution in [0.15, 0.2) is 27.4 Å². The highest BCUT2D eigenvalue weighted by atomic mass is 16.4. The van der Waals surface area contributed by atoms with Gasteiger partial charge in [0, 0.05) is 22.9 Å². The van der Waals surface area contributed by atoms with Crippen LogP contribution in [-0.2, 0) is 6.54 Å². The van der Waals surface area contributed by atoms with Gasteiger partial charge in [-0.25, -0.2) is 4.79 Å². The van der Waals surface area contributed by atoms with Crippen LogP contribution < -0.4 is 10.5 Å². The van der Waals surface area contributed by atoms with Crippen molar-refractivity contribution in [3.05, 3.63) is 45.3 Å². The minimum absolute atomic E-state index is 0.262. The van der Waals surface area contributed by atoms with Crippen molar-refractivity contribution < 1.29 is 14.4 Å². The molecule has 0 aliphatic carbocycles. The Kier molecular flexibility index (Phi) is 5.07. The molecule has 24 heavy (non-hydrogen) atoms. The Morgan fingerprint density at radius 1 is 1.33 bits per heavy atom. The van der Waals surface area contributed by atoms with Gasteiger partial charge in [0.15, 0.2) is 0 Å². The number of hydrogen-bond acceptors (Lipinski definition) is 3. The standard InChI is InChI=1S/C20H27NO3/c1-13(2)17-9-18-16(8-20(23)24-19(18)7-14(17)3)11-21-6-4-5-15(10-21)12-22/h7-9,13,15,22H,4-6,10-12H2,1-3H3/p+1/t15-/m0/s1. The smallest absolute Gasteiger partial charge is 0.336 e. The van der Waals surface area contributed by atoms with Crippen molar-refractivity contribution in [1.82, 2.24) is 0 Å². The van der Waals surface area contributed by atoms with E-state index in [2.05, 4.69) is 26.8 Å². The van der Waals surface area contributed by atoms with Crippen LogP contribution in [0.2, 0.25) is 0 Å². The minimum atomic E-state index is -0.274. The highest BCUT2D eigenvalue weighted by Gasteiger charge is 2.23. The predicted molar refractivity (Wildman–Crippen MR) is 95.5 cm³/mol.